The fourth-order valence-corrected chi connectivity index (χ4v) is 1.38. The normalized spacial score (nSPS) is 9.60. The Balaban J connectivity index is 2.34. The van der Waals surface area contributed by atoms with Crippen molar-refractivity contribution in [3.63, 3.8) is 0 Å². The predicted octanol–water partition coefficient (Wildman–Crippen LogP) is 2.91. The van der Waals surface area contributed by atoms with Crippen molar-refractivity contribution in [1.82, 2.24) is 0 Å². The van der Waals surface area contributed by atoms with Gasteiger partial charge in [0.05, 0.1) is 0 Å². The summed E-state index contributed by atoms with van der Waals surface area (Å²) in [6, 6.07) is 8.29. The molecule has 1 nitrogen and oxygen atoms in total. The van der Waals surface area contributed by atoms with Gasteiger partial charge in [0.1, 0.15) is 5.78 Å². The molecule has 0 saturated carbocycles. The van der Waals surface area contributed by atoms with Gasteiger partial charge < -0.3 is 0 Å². The first kappa shape index (κ1) is 11.5. The molecular formula is C14H16O. The number of carbonyl (C=O) groups excluding carboxylic acids is 1. The second-order valence-electron chi connectivity index (χ2n) is 3.73. The molecule has 1 aromatic carbocycles. The van der Waals surface area contributed by atoms with E-state index in [9.17, 15) is 4.79 Å². The zero-order valence-corrected chi connectivity index (χ0v) is 9.12. The van der Waals surface area contributed by atoms with E-state index in [1.165, 1.54) is 11.1 Å². The van der Waals surface area contributed by atoms with E-state index in [1.807, 2.05) is 0 Å². The molecule has 78 valence electrons. The number of rotatable bonds is 5. The lowest BCUT2D eigenvalue weighted by Crippen LogP contribution is -1.99. The van der Waals surface area contributed by atoms with Crippen LogP contribution in [0.1, 0.15) is 30.4 Å². The Labute approximate surface area is 91.5 Å². The number of Topliss-reactive ketones (excluding diaryl/α,β-unsaturated/α-hetero) is 1. The van der Waals surface area contributed by atoms with E-state index in [2.05, 4.69) is 37.1 Å². The topological polar surface area (TPSA) is 17.1 Å². The minimum Gasteiger partial charge on any atom is -0.300 e. The highest BCUT2D eigenvalue weighted by Gasteiger charge is 2.01. The van der Waals surface area contributed by atoms with E-state index in [4.69, 9.17) is 6.42 Å². The van der Waals surface area contributed by atoms with Crippen LogP contribution in [0.15, 0.2) is 24.3 Å². The summed E-state index contributed by atoms with van der Waals surface area (Å²) in [7, 11) is 0. The van der Waals surface area contributed by atoms with Crippen molar-refractivity contribution >= 4 is 5.78 Å². The van der Waals surface area contributed by atoms with Crippen molar-refractivity contribution in [3.8, 4) is 12.3 Å². The molecule has 0 N–H and O–H groups in total. The third-order valence-corrected chi connectivity index (χ3v) is 2.36. The molecule has 0 fully saturated rings. The molecule has 0 bridgehead atoms. The van der Waals surface area contributed by atoms with Crippen molar-refractivity contribution in [2.45, 2.75) is 32.6 Å². The van der Waals surface area contributed by atoms with E-state index >= 15 is 0 Å². The van der Waals surface area contributed by atoms with Crippen LogP contribution in [0.3, 0.4) is 0 Å². The van der Waals surface area contributed by atoms with Gasteiger partial charge in [0.15, 0.2) is 0 Å². The first-order valence-electron chi connectivity index (χ1n) is 5.23. The Morgan fingerprint density at radius 2 is 1.93 bits per heavy atom. The van der Waals surface area contributed by atoms with Crippen LogP contribution in [0, 0.1) is 19.3 Å². The summed E-state index contributed by atoms with van der Waals surface area (Å²) in [5.41, 5.74) is 2.46. The largest absolute Gasteiger partial charge is 0.300 e. The molecule has 0 aliphatic carbocycles. The maximum absolute atomic E-state index is 11.3. The van der Waals surface area contributed by atoms with Crippen LogP contribution in [0.2, 0.25) is 0 Å². The average Bonchev–Trinajstić information content (AvgIpc) is 2.25. The van der Waals surface area contributed by atoms with Crippen molar-refractivity contribution < 1.29 is 4.79 Å². The molecule has 1 rings (SSSR count). The van der Waals surface area contributed by atoms with Crippen LogP contribution < -0.4 is 0 Å². The highest BCUT2D eigenvalue weighted by molar-refractivity contribution is 5.78. The van der Waals surface area contributed by atoms with Crippen LogP contribution >= 0.6 is 0 Å². The predicted molar refractivity (Wildman–Crippen MR) is 62.6 cm³/mol. The second-order valence-corrected chi connectivity index (χ2v) is 3.73. The van der Waals surface area contributed by atoms with Crippen LogP contribution in [-0.4, -0.2) is 5.78 Å². The van der Waals surface area contributed by atoms with Gasteiger partial charge in [-0.1, -0.05) is 29.8 Å². The molecule has 0 heterocycles. The molecule has 0 radical (unpaired) electrons. The molecule has 0 aliphatic heterocycles. The first-order chi connectivity index (χ1) is 7.22. The molecule has 0 aliphatic rings. The van der Waals surface area contributed by atoms with Gasteiger partial charge in [-0.05, 0) is 18.9 Å². The van der Waals surface area contributed by atoms with E-state index in [0.717, 1.165) is 6.42 Å². The summed E-state index contributed by atoms with van der Waals surface area (Å²) in [6.07, 6.45) is 7.60. The van der Waals surface area contributed by atoms with Gasteiger partial charge in [-0.2, -0.15) is 0 Å². The molecule has 0 spiro atoms. The monoisotopic (exact) mass is 200 g/mol. The zero-order chi connectivity index (χ0) is 11.1. The van der Waals surface area contributed by atoms with Gasteiger partial charge >= 0.3 is 0 Å². The lowest BCUT2D eigenvalue weighted by molar-refractivity contribution is -0.118. The third-order valence-electron chi connectivity index (χ3n) is 2.36. The number of terminal acetylenes is 1. The van der Waals surface area contributed by atoms with Crippen molar-refractivity contribution in [1.29, 1.82) is 0 Å². The Morgan fingerprint density at radius 1 is 1.27 bits per heavy atom. The van der Waals surface area contributed by atoms with Crippen LogP contribution in [-0.2, 0) is 11.2 Å². The Kier molecular flexibility index (Phi) is 4.63. The zero-order valence-electron chi connectivity index (χ0n) is 9.12. The molecular weight excluding hydrogens is 184 g/mol. The molecule has 1 heteroatoms. The summed E-state index contributed by atoms with van der Waals surface area (Å²) in [5, 5.41) is 0. The lowest BCUT2D eigenvalue weighted by Gasteiger charge is -2.00. The second kappa shape index (κ2) is 6.03. The number of hydrogen-bond acceptors (Lipinski definition) is 1. The van der Waals surface area contributed by atoms with Crippen molar-refractivity contribution in [2.24, 2.45) is 0 Å². The molecule has 0 aromatic heterocycles. The quantitative estimate of drug-likeness (QED) is 0.668. The third kappa shape index (κ3) is 4.46. The first-order valence-corrected chi connectivity index (χ1v) is 5.23. The molecule has 15 heavy (non-hydrogen) atoms. The van der Waals surface area contributed by atoms with Gasteiger partial charge in [0, 0.05) is 19.3 Å². The van der Waals surface area contributed by atoms with Crippen LogP contribution in [0.25, 0.3) is 0 Å². The van der Waals surface area contributed by atoms with Gasteiger partial charge in [-0.15, -0.1) is 12.3 Å². The van der Waals surface area contributed by atoms with E-state index in [-0.39, 0.29) is 5.78 Å². The minimum absolute atomic E-state index is 0.258. The number of ketones is 1. The van der Waals surface area contributed by atoms with E-state index in [1.54, 1.807) is 0 Å². The van der Waals surface area contributed by atoms with Gasteiger partial charge in [0.25, 0.3) is 0 Å². The van der Waals surface area contributed by atoms with Gasteiger partial charge in [-0.25, -0.2) is 0 Å². The Hall–Kier alpha value is -1.55. The maximum Gasteiger partial charge on any atom is 0.134 e. The highest BCUT2D eigenvalue weighted by atomic mass is 16.1. The van der Waals surface area contributed by atoms with Crippen LogP contribution in [0.4, 0.5) is 0 Å². The fraction of sp³-hybridized carbons (Fsp3) is 0.357. The Bertz CT molecular complexity index is 354. The molecule has 0 unspecified atom stereocenters. The molecule has 0 amide bonds. The fourth-order valence-electron chi connectivity index (χ4n) is 1.38. The van der Waals surface area contributed by atoms with E-state index in [0.29, 0.717) is 19.3 Å². The average molecular weight is 200 g/mol. The lowest BCUT2D eigenvalue weighted by atomic mass is 10.0. The van der Waals surface area contributed by atoms with Gasteiger partial charge in [-0.3, -0.25) is 4.79 Å². The summed E-state index contributed by atoms with van der Waals surface area (Å²) in [4.78, 5) is 11.3. The number of aryl methyl sites for hydroxylation is 2. The van der Waals surface area contributed by atoms with Gasteiger partial charge in [0.2, 0.25) is 0 Å². The Morgan fingerprint density at radius 3 is 2.53 bits per heavy atom. The summed E-state index contributed by atoms with van der Waals surface area (Å²) in [6.45, 7) is 2.06. The molecule has 0 atom stereocenters. The minimum atomic E-state index is 0.258. The number of hydrogen-bond donors (Lipinski definition) is 0. The smallest absolute Gasteiger partial charge is 0.134 e. The van der Waals surface area contributed by atoms with Crippen molar-refractivity contribution in [2.75, 3.05) is 0 Å². The number of benzene rings is 1. The van der Waals surface area contributed by atoms with Crippen molar-refractivity contribution in [3.05, 3.63) is 35.4 Å². The SMILES string of the molecule is C#CCCC(=O)CCc1ccc(C)cc1. The standard InChI is InChI=1S/C14H16O/c1-3-4-5-14(15)11-10-13-8-6-12(2)7-9-13/h1,6-9H,4-5,10-11H2,2H3. The molecule has 0 saturated heterocycles. The number of carbonyl (C=O) groups is 1. The summed E-state index contributed by atoms with van der Waals surface area (Å²) >= 11 is 0. The summed E-state index contributed by atoms with van der Waals surface area (Å²) in [5.74, 6) is 2.74. The van der Waals surface area contributed by atoms with E-state index < -0.39 is 0 Å². The maximum atomic E-state index is 11.3. The molecule has 1 aromatic rings. The highest BCUT2D eigenvalue weighted by Crippen LogP contribution is 2.07. The van der Waals surface area contributed by atoms with Crippen LogP contribution in [0.5, 0.6) is 0 Å². The summed E-state index contributed by atoms with van der Waals surface area (Å²) < 4.78 is 0.